The highest BCUT2D eigenvalue weighted by Crippen LogP contribution is 2.22. The van der Waals surface area contributed by atoms with Gasteiger partial charge < -0.3 is 9.32 Å². The van der Waals surface area contributed by atoms with Crippen molar-refractivity contribution in [3.8, 4) is 0 Å². The van der Waals surface area contributed by atoms with Gasteiger partial charge in [0.1, 0.15) is 5.76 Å². The van der Waals surface area contributed by atoms with Crippen molar-refractivity contribution in [2.45, 2.75) is 19.4 Å². The minimum absolute atomic E-state index is 0.695. The Hall–Kier alpha value is -2.03. The summed E-state index contributed by atoms with van der Waals surface area (Å²) in [5.74, 6) is 1.80. The summed E-state index contributed by atoms with van der Waals surface area (Å²) in [5.41, 5.74) is 1.21. The third-order valence-corrected chi connectivity index (χ3v) is 3.37. The Bertz CT molecular complexity index is 539. The summed E-state index contributed by atoms with van der Waals surface area (Å²) in [4.78, 5) is 6.70. The Kier molecular flexibility index (Phi) is 3.63. The summed E-state index contributed by atoms with van der Waals surface area (Å²) < 4.78 is 5.78. The molecule has 1 aromatic carbocycles. The Morgan fingerprint density at radius 2 is 1.84 bits per heavy atom. The number of nitrogens with zero attached hydrogens (tertiary/aromatic N) is 2. The molecule has 19 heavy (non-hydrogen) atoms. The zero-order chi connectivity index (χ0) is 12.9. The first-order valence-corrected chi connectivity index (χ1v) is 6.80. The van der Waals surface area contributed by atoms with Crippen LogP contribution in [0.5, 0.6) is 0 Å². The SMILES string of the molecule is C(=NCc1ccccc1)c1ccc(N2CCCC2)o1. The van der Waals surface area contributed by atoms with Crippen molar-refractivity contribution >= 4 is 12.1 Å². The molecule has 1 aliphatic heterocycles. The molecule has 1 aliphatic rings. The first-order valence-electron chi connectivity index (χ1n) is 6.80. The van der Waals surface area contributed by atoms with E-state index in [-0.39, 0.29) is 0 Å². The molecule has 1 fully saturated rings. The molecule has 0 bridgehead atoms. The standard InChI is InChI=1S/C16H18N2O/c1-2-6-14(7-3-1)12-17-13-15-8-9-16(19-15)18-10-4-5-11-18/h1-3,6-9,13H,4-5,10-12H2. The third-order valence-electron chi connectivity index (χ3n) is 3.37. The molecule has 0 aliphatic carbocycles. The number of furan rings is 1. The van der Waals surface area contributed by atoms with Crippen molar-refractivity contribution in [1.29, 1.82) is 0 Å². The average molecular weight is 254 g/mol. The number of aliphatic imine (C=N–C) groups is 1. The fourth-order valence-electron chi connectivity index (χ4n) is 2.34. The van der Waals surface area contributed by atoms with Crippen LogP contribution in [0, 0.1) is 0 Å². The lowest BCUT2D eigenvalue weighted by molar-refractivity contribution is 0.550. The van der Waals surface area contributed by atoms with Crippen LogP contribution in [0.3, 0.4) is 0 Å². The molecule has 0 spiro atoms. The molecule has 1 saturated heterocycles. The largest absolute Gasteiger partial charge is 0.440 e. The summed E-state index contributed by atoms with van der Waals surface area (Å²) in [7, 11) is 0. The number of rotatable bonds is 4. The minimum Gasteiger partial charge on any atom is -0.440 e. The van der Waals surface area contributed by atoms with Gasteiger partial charge in [0.05, 0.1) is 12.8 Å². The first kappa shape index (κ1) is 12.0. The maximum Gasteiger partial charge on any atom is 0.196 e. The number of hydrogen-bond donors (Lipinski definition) is 0. The van der Waals surface area contributed by atoms with Crippen molar-refractivity contribution in [3.05, 3.63) is 53.8 Å². The molecular formula is C16H18N2O. The van der Waals surface area contributed by atoms with Gasteiger partial charge in [-0.05, 0) is 24.5 Å². The number of anilines is 1. The van der Waals surface area contributed by atoms with Crippen molar-refractivity contribution in [2.75, 3.05) is 18.0 Å². The normalized spacial score (nSPS) is 15.5. The van der Waals surface area contributed by atoms with E-state index < -0.39 is 0 Å². The first-order chi connectivity index (χ1) is 9.42. The van der Waals surface area contributed by atoms with Crippen LogP contribution < -0.4 is 4.90 Å². The van der Waals surface area contributed by atoms with Crippen molar-refractivity contribution < 1.29 is 4.42 Å². The maximum absolute atomic E-state index is 5.78. The van der Waals surface area contributed by atoms with Crippen LogP contribution in [0.1, 0.15) is 24.2 Å². The smallest absolute Gasteiger partial charge is 0.196 e. The molecule has 1 aromatic heterocycles. The molecule has 3 nitrogen and oxygen atoms in total. The number of benzene rings is 1. The van der Waals surface area contributed by atoms with Gasteiger partial charge in [0, 0.05) is 19.2 Å². The fourth-order valence-corrected chi connectivity index (χ4v) is 2.34. The predicted octanol–water partition coefficient (Wildman–Crippen LogP) is 3.50. The van der Waals surface area contributed by atoms with E-state index in [1.54, 1.807) is 0 Å². The third kappa shape index (κ3) is 3.05. The second kappa shape index (κ2) is 5.74. The predicted molar refractivity (Wildman–Crippen MR) is 77.9 cm³/mol. The molecule has 98 valence electrons. The summed E-state index contributed by atoms with van der Waals surface area (Å²) in [6.07, 6.45) is 4.34. The van der Waals surface area contributed by atoms with Crippen LogP contribution in [-0.2, 0) is 6.54 Å². The van der Waals surface area contributed by atoms with E-state index in [9.17, 15) is 0 Å². The molecule has 0 saturated carbocycles. The summed E-state index contributed by atoms with van der Waals surface area (Å²) in [6.45, 7) is 2.91. The molecule has 0 N–H and O–H groups in total. The second-order valence-electron chi connectivity index (χ2n) is 4.83. The van der Waals surface area contributed by atoms with E-state index in [1.165, 1.54) is 18.4 Å². The highest BCUT2D eigenvalue weighted by molar-refractivity contribution is 5.76. The van der Waals surface area contributed by atoms with Crippen molar-refractivity contribution in [3.63, 3.8) is 0 Å². The highest BCUT2D eigenvalue weighted by atomic mass is 16.4. The van der Waals surface area contributed by atoms with E-state index in [4.69, 9.17) is 4.42 Å². The van der Waals surface area contributed by atoms with Gasteiger partial charge in [0.2, 0.25) is 0 Å². The topological polar surface area (TPSA) is 28.7 Å². The quantitative estimate of drug-likeness (QED) is 0.781. The van der Waals surface area contributed by atoms with Gasteiger partial charge in [-0.15, -0.1) is 0 Å². The fraction of sp³-hybridized carbons (Fsp3) is 0.312. The van der Waals surface area contributed by atoms with Gasteiger partial charge >= 0.3 is 0 Å². The zero-order valence-corrected chi connectivity index (χ0v) is 11.0. The molecule has 0 atom stereocenters. The summed E-state index contributed by atoms with van der Waals surface area (Å²) in [6, 6.07) is 14.3. The van der Waals surface area contributed by atoms with Crippen LogP contribution in [0.25, 0.3) is 0 Å². The van der Waals surface area contributed by atoms with Crippen LogP contribution >= 0.6 is 0 Å². The number of hydrogen-bond acceptors (Lipinski definition) is 3. The Morgan fingerprint density at radius 1 is 1.05 bits per heavy atom. The Morgan fingerprint density at radius 3 is 2.63 bits per heavy atom. The van der Waals surface area contributed by atoms with E-state index in [0.29, 0.717) is 6.54 Å². The van der Waals surface area contributed by atoms with E-state index >= 15 is 0 Å². The average Bonchev–Trinajstić information content (AvgIpc) is 3.10. The van der Waals surface area contributed by atoms with Crippen LogP contribution in [-0.4, -0.2) is 19.3 Å². The molecule has 0 radical (unpaired) electrons. The molecule has 0 amide bonds. The maximum atomic E-state index is 5.78. The summed E-state index contributed by atoms with van der Waals surface area (Å²) >= 11 is 0. The second-order valence-corrected chi connectivity index (χ2v) is 4.83. The lowest BCUT2D eigenvalue weighted by atomic mass is 10.2. The molecule has 3 rings (SSSR count). The van der Waals surface area contributed by atoms with Gasteiger partial charge in [-0.1, -0.05) is 30.3 Å². The van der Waals surface area contributed by atoms with Crippen molar-refractivity contribution in [2.24, 2.45) is 4.99 Å². The van der Waals surface area contributed by atoms with Gasteiger partial charge in [0.15, 0.2) is 5.88 Å². The van der Waals surface area contributed by atoms with Crippen molar-refractivity contribution in [1.82, 2.24) is 0 Å². The molecule has 2 heterocycles. The van der Waals surface area contributed by atoms with Gasteiger partial charge in [-0.3, -0.25) is 4.99 Å². The van der Waals surface area contributed by atoms with Crippen LogP contribution in [0.15, 0.2) is 51.9 Å². The Labute approximate surface area is 113 Å². The van der Waals surface area contributed by atoms with E-state index in [1.807, 2.05) is 36.5 Å². The minimum atomic E-state index is 0.695. The van der Waals surface area contributed by atoms with E-state index in [2.05, 4.69) is 22.0 Å². The van der Waals surface area contributed by atoms with Crippen LogP contribution in [0.2, 0.25) is 0 Å². The van der Waals surface area contributed by atoms with Gasteiger partial charge in [0.25, 0.3) is 0 Å². The monoisotopic (exact) mass is 254 g/mol. The van der Waals surface area contributed by atoms with Crippen LogP contribution in [0.4, 0.5) is 5.88 Å². The van der Waals surface area contributed by atoms with Gasteiger partial charge in [-0.2, -0.15) is 0 Å². The summed E-state index contributed by atoms with van der Waals surface area (Å²) in [5, 5.41) is 0. The van der Waals surface area contributed by atoms with E-state index in [0.717, 1.165) is 24.7 Å². The molecule has 0 unspecified atom stereocenters. The lowest BCUT2D eigenvalue weighted by Crippen LogP contribution is -2.16. The molecule has 3 heteroatoms. The molecular weight excluding hydrogens is 236 g/mol. The Balaban J connectivity index is 1.60. The highest BCUT2D eigenvalue weighted by Gasteiger charge is 2.14. The molecule has 2 aromatic rings. The lowest BCUT2D eigenvalue weighted by Gasteiger charge is -2.12. The zero-order valence-electron chi connectivity index (χ0n) is 11.0. The van der Waals surface area contributed by atoms with Gasteiger partial charge in [-0.25, -0.2) is 0 Å².